The van der Waals surface area contributed by atoms with Crippen molar-refractivity contribution in [2.75, 3.05) is 0 Å². The zero-order chi connectivity index (χ0) is 12.4. The SMILES string of the molecule is O=c1[nH]cnc(Oc2ccc(F)cc2F)c1Br. The monoisotopic (exact) mass is 302 g/mol. The molecule has 0 aliphatic carbocycles. The summed E-state index contributed by atoms with van der Waals surface area (Å²) in [5, 5.41) is 0. The number of rotatable bonds is 2. The highest BCUT2D eigenvalue weighted by atomic mass is 79.9. The molecule has 0 radical (unpaired) electrons. The molecular formula is C10H5BrF2N2O2. The molecule has 1 N–H and O–H groups in total. The van der Waals surface area contributed by atoms with E-state index in [1.807, 2.05) is 0 Å². The number of ether oxygens (including phenoxy) is 1. The van der Waals surface area contributed by atoms with E-state index in [4.69, 9.17) is 4.74 Å². The Kier molecular flexibility index (Phi) is 3.19. The van der Waals surface area contributed by atoms with E-state index in [9.17, 15) is 13.6 Å². The summed E-state index contributed by atoms with van der Waals surface area (Å²) in [7, 11) is 0. The highest BCUT2D eigenvalue weighted by Gasteiger charge is 2.11. The Balaban J connectivity index is 2.38. The van der Waals surface area contributed by atoms with Gasteiger partial charge in [-0.15, -0.1) is 0 Å². The number of aromatic amines is 1. The summed E-state index contributed by atoms with van der Waals surface area (Å²) in [6, 6.07) is 2.83. The van der Waals surface area contributed by atoms with Crippen LogP contribution in [0.25, 0.3) is 0 Å². The van der Waals surface area contributed by atoms with Gasteiger partial charge in [0.2, 0.25) is 5.88 Å². The van der Waals surface area contributed by atoms with Gasteiger partial charge in [0.25, 0.3) is 5.56 Å². The lowest BCUT2D eigenvalue weighted by Crippen LogP contribution is -2.08. The summed E-state index contributed by atoms with van der Waals surface area (Å²) in [5.74, 6) is -1.91. The van der Waals surface area contributed by atoms with Crippen molar-refractivity contribution in [2.45, 2.75) is 0 Å². The highest BCUT2D eigenvalue weighted by Crippen LogP contribution is 2.26. The second-order valence-corrected chi connectivity index (χ2v) is 3.82. The summed E-state index contributed by atoms with van der Waals surface area (Å²) in [5.41, 5.74) is -0.461. The standard InChI is InChI=1S/C10H5BrF2N2O2/c11-8-9(16)14-4-15-10(8)17-7-2-1-5(12)3-6(7)13/h1-4H,(H,14,15,16). The minimum absolute atomic E-state index is 0.0312. The molecule has 1 heterocycles. The van der Waals surface area contributed by atoms with Gasteiger partial charge in [0.05, 0.1) is 6.33 Å². The number of benzene rings is 1. The van der Waals surface area contributed by atoms with Crippen molar-refractivity contribution in [3.8, 4) is 11.6 Å². The van der Waals surface area contributed by atoms with Crippen molar-refractivity contribution in [1.82, 2.24) is 9.97 Å². The van der Waals surface area contributed by atoms with Gasteiger partial charge in [0, 0.05) is 6.07 Å². The molecule has 88 valence electrons. The first kappa shape index (κ1) is 11.7. The molecule has 0 spiro atoms. The number of H-pyrrole nitrogens is 1. The third kappa shape index (κ3) is 2.50. The van der Waals surface area contributed by atoms with E-state index in [0.29, 0.717) is 6.07 Å². The molecule has 7 heteroatoms. The van der Waals surface area contributed by atoms with E-state index < -0.39 is 17.2 Å². The van der Waals surface area contributed by atoms with Gasteiger partial charge in [-0.1, -0.05) is 0 Å². The first-order valence-electron chi connectivity index (χ1n) is 4.44. The number of hydrogen-bond acceptors (Lipinski definition) is 3. The van der Waals surface area contributed by atoms with E-state index in [0.717, 1.165) is 18.5 Å². The fourth-order valence-corrected chi connectivity index (χ4v) is 1.40. The van der Waals surface area contributed by atoms with Gasteiger partial charge in [-0.2, -0.15) is 0 Å². The minimum Gasteiger partial charge on any atom is -0.435 e. The smallest absolute Gasteiger partial charge is 0.268 e. The van der Waals surface area contributed by atoms with Crippen LogP contribution in [0.15, 0.2) is 33.8 Å². The molecule has 2 aromatic rings. The van der Waals surface area contributed by atoms with E-state index in [2.05, 4.69) is 25.9 Å². The number of hydrogen-bond donors (Lipinski definition) is 1. The maximum absolute atomic E-state index is 13.3. The van der Waals surface area contributed by atoms with Gasteiger partial charge in [0.1, 0.15) is 10.3 Å². The molecule has 4 nitrogen and oxygen atoms in total. The lowest BCUT2D eigenvalue weighted by molar-refractivity contribution is 0.419. The Labute approximate surface area is 102 Å². The third-order valence-electron chi connectivity index (χ3n) is 1.87. The Hall–Kier alpha value is -1.76. The summed E-state index contributed by atoms with van der Waals surface area (Å²) >= 11 is 2.95. The van der Waals surface area contributed by atoms with Gasteiger partial charge < -0.3 is 9.72 Å². The Morgan fingerprint density at radius 2 is 2.12 bits per heavy atom. The summed E-state index contributed by atoms with van der Waals surface area (Å²) in [4.78, 5) is 17.2. The second kappa shape index (κ2) is 4.62. The molecule has 0 amide bonds. The van der Waals surface area contributed by atoms with Gasteiger partial charge in [-0.25, -0.2) is 13.8 Å². The minimum atomic E-state index is -0.876. The molecule has 2 rings (SSSR count). The molecule has 0 bridgehead atoms. The van der Waals surface area contributed by atoms with Crippen LogP contribution in [-0.4, -0.2) is 9.97 Å². The maximum Gasteiger partial charge on any atom is 0.268 e. The van der Waals surface area contributed by atoms with Crippen molar-refractivity contribution in [1.29, 1.82) is 0 Å². The van der Waals surface area contributed by atoms with Crippen LogP contribution in [0.3, 0.4) is 0 Å². The van der Waals surface area contributed by atoms with E-state index in [1.165, 1.54) is 0 Å². The summed E-state index contributed by atoms with van der Waals surface area (Å²) in [6.07, 6.45) is 1.11. The normalized spacial score (nSPS) is 10.3. The topological polar surface area (TPSA) is 55.0 Å². The molecule has 0 aliphatic rings. The summed E-state index contributed by atoms with van der Waals surface area (Å²) < 4.78 is 31.0. The van der Waals surface area contributed by atoms with Crippen molar-refractivity contribution in [3.05, 3.63) is 51.0 Å². The molecular weight excluding hydrogens is 298 g/mol. The average Bonchev–Trinajstić information content (AvgIpc) is 2.28. The number of nitrogens with one attached hydrogen (secondary N) is 1. The molecule has 1 aromatic heterocycles. The predicted molar refractivity (Wildman–Crippen MR) is 59.0 cm³/mol. The summed E-state index contributed by atoms with van der Waals surface area (Å²) in [6.45, 7) is 0. The number of aromatic nitrogens is 2. The maximum atomic E-state index is 13.3. The van der Waals surface area contributed by atoms with Gasteiger partial charge in [-0.05, 0) is 28.1 Å². The molecule has 0 saturated heterocycles. The second-order valence-electron chi connectivity index (χ2n) is 3.03. The highest BCUT2D eigenvalue weighted by molar-refractivity contribution is 9.10. The zero-order valence-corrected chi connectivity index (χ0v) is 9.79. The molecule has 0 unspecified atom stereocenters. The lowest BCUT2D eigenvalue weighted by Gasteiger charge is -2.06. The van der Waals surface area contributed by atoms with Gasteiger partial charge in [-0.3, -0.25) is 4.79 Å². The number of halogens is 3. The van der Waals surface area contributed by atoms with Crippen molar-refractivity contribution < 1.29 is 13.5 Å². The lowest BCUT2D eigenvalue weighted by atomic mass is 10.3. The Morgan fingerprint density at radius 1 is 1.35 bits per heavy atom. The first-order valence-corrected chi connectivity index (χ1v) is 5.23. The van der Waals surface area contributed by atoms with Crippen LogP contribution in [-0.2, 0) is 0 Å². The molecule has 17 heavy (non-hydrogen) atoms. The van der Waals surface area contributed by atoms with Crippen LogP contribution in [0.5, 0.6) is 11.6 Å². The largest absolute Gasteiger partial charge is 0.435 e. The third-order valence-corrected chi connectivity index (χ3v) is 2.56. The average molecular weight is 303 g/mol. The van der Waals surface area contributed by atoms with Crippen LogP contribution in [0.4, 0.5) is 8.78 Å². The van der Waals surface area contributed by atoms with E-state index in [-0.39, 0.29) is 16.1 Å². The molecule has 1 aromatic carbocycles. The molecule has 0 aliphatic heterocycles. The zero-order valence-electron chi connectivity index (χ0n) is 8.21. The fraction of sp³-hybridized carbons (Fsp3) is 0. The molecule has 0 atom stereocenters. The Morgan fingerprint density at radius 3 is 2.82 bits per heavy atom. The molecule has 0 saturated carbocycles. The molecule has 0 fully saturated rings. The van der Waals surface area contributed by atoms with Crippen LogP contribution in [0.2, 0.25) is 0 Å². The number of nitrogens with zero attached hydrogens (tertiary/aromatic N) is 1. The van der Waals surface area contributed by atoms with Gasteiger partial charge in [0.15, 0.2) is 11.6 Å². The van der Waals surface area contributed by atoms with Crippen LogP contribution < -0.4 is 10.3 Å². The van der Waals surface area contributed by atoms with Crippen LogP contribution >= 0.6 is 15.9 Å². The van der Waals surface area contributed by atoms with Crippen LogP contribution in [0, 0.1) is 11.6 Å². The van der Waals surface area contributed by atoms with E-state index >= 15 is 0 Å². The predicted octanol–water partition coefficient (Wildman–Crippen LogP) is 2.60. The van der Waals surface area contributed by atoms with Crippen LogP contribution in [0.1, 0.15) is 0 Å². The quantitative estimate of drug-likeness (QED) is 0.928. The van der Waals surface area contributed by atoms with Crippen molar-refractivity contribution in [3.63, 3.8) is 0 Å². The first-order chi connectivity index (χ1) is 8.08. The van der Waals surface area contributed by atoms with E-state index in [1.54, 1.807) is 0 Å². The van der Waals surface area contributed by atoms with Crippen molar-refractivity contribution >= 4 is 15.9 Å². The van der Waals surface area contributed by atoms with Crippen molar-refractivity contribution in [2.24, 2.45) is 0 Å². The van der Waals surface area contributed by atoms with Gasteiger partial charge >= 0.3 is 0 Å². The fourth-order valence-electron chi connectivity index (χ4n) is 1.10. The Bertz CT molecular complexity index is 615.